The van der Waals surface area contributed by atoms with Crippen LogP contribution < -0.4 is 0 Å². The van der Waals surface area contributed by atoms with Crippen molar-refractivity contribution in [3.63, 3.8) is 0 Å². The first-order valence-electron chi connectivity index (χ1n) is 24.9. The Balaban J connectivity index is 1.35. The number of allylic oxidation sites excluding steroid dienone is 6. The minimum absolute atomic E-state index is 0.113. The van der Waals surface area contributed by atoms with E-state index in [0.29, 0.717) is 35.3 Å². The largest absolute Gasteiger partial charge is 0.239 e. The summed E-state index contributed by atoms with van der Waals surface area (Å²) in [4.78, 5) is 14.7. The molecule has 4 heterocycles. The van der Waals surface area contributed by atoms with Crippen molar-refractivity contribution in [2.24, 2.45) is 33.7 Å². The molecule has 0 radical (unpaired) electrons. The minimum atomic E-state index is -0.241. The van der Waals surface area contributed by atoms with E-state index in [9.17, 15) is 0 Å². The lowest BCUT2D eigenvalue weighted by Crippen LogP contribution is -2.06. The highest BCUT2D eigenvalue weighted by atomic mass is 32.2. The van der Waals surface area contributed by atoms with Crippen molar-refractivity contribution in [3.8, 4) is 20.9 Å². The smallest absolute Gasteiger partial charge is 0.132 e. The average molecular weight is 985 g/mol. The van der Waals surface area contributed by atoms with Gasteiger partial charge < -0.3 is 0 Å². The topological polar surface area (TPSA) is 24.7 Å². The number of thioether (sulfide) groups is 2. The van der Waals surface area contributed by atoms with Crippen molar-refractivity contribution >= 4 is 57.6 Å². The highest BCUT2D eigenvalue weighted by Gasteiger charge is 2.38. The maximum absolute atomic E-state index is 16.1. The molecule has 4 unspecified atom stereocenters. The Morgan fingerprint density at radius 1 is 0.603 bits per heavy atom. The third-order valence-corrected chi connectivity index (χ3v) is 17.7. The van der Waals surface area contributed by atoms with E-state index >= 15 is 8.78 Å². The average Bonchev–Trinajstić information content (AvgIpc) is 4.18. The third kappa shape index (κ3) is 14.0. The lowest BCUT2D eigenvalue weighted by Gasteiger charge is -2.14. The zero-order chi connectivity index (χ0) is 48.4. The van der Waals surface area contributed by atoms with E-state index in [2.05, 4.69) is 95.8 Å². The Bertz CT molecular complexity index is 2570. The molecule has 68 heavy (non-hydrogen) atoms. The molecule has 0 fully saturated rings. The fourth-order valence-corrected chi connectivity index (χ4v) is 13.1. The summed E-state index contributed by atoms with van der Waals surface area (Å²) in [6, 6.07) is 19.7. The van der Waals surface area contributed by atoms with Gasteiger partial charge in [0, 0.05) is 49.5 Å². The van der Waals surface area contributed by atoms with E-state index < -0.39 is 0 Å². The third-order valence-electron chi connectivity index (χ3n) is 13.1. The Labute approximate surface area is 423 Å². The van der Waals surface area contributed by atoms with Gasteiger partial charge in [-0.25, -0.2) is 18.8 Å². The number of halogens is 2. The monoisotopic (exact) mass is 984 g/mol. The number of hydrogen-bond acceptors (Lipinski definition) is 6. The van der Waals surface area contributed by atoms with Crippen molar-refractivity contribution in [1.29, 1.82) is 0 Å². The highest BCUT2D eigenvalue weighted by molar-refractivity contribution is 8.03. The van der Waals surface area contributed by atoms with Crippen LogP contribution in [0.5, 0.6) is 0 Å². The number of rotatable bonds is 30. The second-order valence-corrected chi connectivity index (χ2v) is 22.2. The normalized spacial score (nSPS) is 15.0. The number of unbranched alkanes of at least 4 members (excludes halogenated alkanes) is 3. The molecule has 0 saturated heterocycles. The van der Waals surface area contributed by atoms with Crippen LogP contribution in [0.25, 0.3) is 20.9 Å². The Kier molecular flexibility index (Phi) is 21.3. The fourth-order valence-electron chi connectivity index (χ4n) is 8.72. The molecule has 0 amide bonds. The number of thiophene rings is 2. The first kappa shape index (κ1) is 53.1. The quantitative estimate of drug-likeness (QED) is 0.0384. The van der Waals surface area contributed by atoms with Crippen LogP contribution in [0.1, 0.15) is 126 Å². The molecule has 0 N–H and O–H groups in total. The summed E-state index contributed by atoms with van der Waals surface area (Å²) >= 11 is 6.70. The first-order valence-corrected chi connectivity index (χ1v) is 28.5. The summed E-state index contributed by atoms with van der Waals surface area (Å²) in [6.45, 7) is 24.9. The number of fused-ring (bicyclic) bond motifs is 1. The predicted octanol–water partition coefficient (Wildman–Crippen LogP) is 19.0. The lowest BCUT2D eigenvalue weighted by atomic mass is 9.92. The summed E-state index contributed by atoms with van der Waals surface area (Å²) < 4.78 is 32.1. The summed E-state index contributed by atoms with van der Waals surface area (Å²) in [6.07, 6.45) is 23.0. The molecule has 4 aromatic rings. The van der Waals surface area contributed by atoms with Crippen molar-refractivity contribution in [2.45, 2.75) is 118 Å². The Morgan fingerprint density at radius 3 is 1.50 bits per heavy atom. The van der Waals surface area contributed by atoms with Gasteiger partial charge in [0.2, 0.25) is 0 Å². The highest BCUT2D eigenvalue weighted by Crippen LogP contribution is 2.49. The summed E-state index contributed by atoms with van der Waals surface area (Å²) in [5.41, 5.74) is 12.6. The van der Waals surface area contributed by atoms with Gasteiger partial charge in [-0.3, -0.25) is 0 Å². The molecule has 2 aliphatic heterocycles. The van der Waals surface area contributed by atoms with E-state index in [-0.39, 0.29) is 17.6 Å². The zero-order valence-electron chi connectivity index (χ0n) is 40.8. The lowest BCUT2D eigenvalue weighted by molar-refractivity contribution is 0.421. The second kappa shape index (κ2) is 27.2. The van der Waals surface area contributed by atoms with Gasteiger partial charge in [0.05, 0.1) is 21.2 Å². The van der Waals surface area contributed by atoms with Gasteiger partial charge in [-0.2, -0.15) is 0 Å². The van der Waals surface area contributed by atoms with Crippen molar-refractivity contribution in [1.82, 2.24) is 0 Å². The number of nitrogens with zero attached hydrogens (tertiary/aromatic N) is 2. The maximum Gasteiger partial charge on any atom is 0.132 e. The molecule has 8 heteroatoms. The van der Waals surface area contributed by atoms with Crippen LogP contribution in [0.2, 0.25) is 0 Å². The van der Waals surface area contributed by atoms with Crippen LogP contribution in [0.4, 0.5) is 8.78 Å². The standard InChI is InChI=1S/C60H70F2N2S4/c1-9-17-21-41(13-5)25-27-45-29-31-47(49(61)37-45)51-33-35-53(67-51)57-55-56(60(63-57)66-40-44(16-8)24-20-12-4)58(64-59(55)65-39-43(15-7)23-19-11-3)54-36-34-52(68-54)48-32-30-46(38-50(48)62)28-26-42(14-6)22-18-10-2/h13,15-16,21,29-38,41-44H,1,5,7-8,10-12,14,18-20,22-28,39-40H2,2-4,6H3. The van der Waals surface area contributed by atoms with E-state index in [1.807, 2.05) is 42.5 Å². The van der Waals surface area contributed by atoms with Crippen LogP contribution in [0.3, 0.4) is 0 Å². The van der Waals surface area contributed by atoms with Crippen molar-refractivity contribution in [2.75, 3.05) is 11.5 Å². The molecule has 0 saturated carbocycles. The van der Waals surface area contributed by atoms with Gasteiger partial charge in [0.15, 0.2) is 0 Å². The fraction of sp³-hybridized carbons (Fsp3) is 0.400. The molecule has 358 valence electrons. The summed E-state index contributed by atoms with van der Waals surface area (Å²) in [5.74, 6) is 2.76. The van der Waals surface area contributed by atoms with Gasteiger partial charge in [-0.1, -0.05) is 133 Å². The van der Waals surface area contributed by atoms with E-state index in [4.69, 9.17) is 9.98 Å². The second-order valence-electron chi connectivity index (χ2n) is 18.0. The maximum atomic E-state index is 16.1. The van der Waals surface area contributed by atoms with Crippen LogP contribution in [-0.4, -0.2) is 22.9 Å². The minimum Gasteiger partial charge on any atom is -0.239 e. The molecule has 0 spiro atoms. The zero-order valence-corrected chi connectivity index (χ0v) is 44.1. The van der Waals surface area contributed by atoms with Crippen LogP contribution in [0, 0.1) is 35.3 Å². The molecule has 6 rings (SSSR count). The molecule has 2 nitrogen and oxygen atoms in total. The van der Waals surface area contributed by atoms with Crippen molar-refractivity contribution in [3.05, 3.63) is 176 Å². The Morgan fingerprint density at radius 2 is 1.07 bits per heavy atom. The number of aliphatic imine (C=N–C) groups is 2. The molecular weight excluding hydrogens is 915 g/mol. The molecule has 2 aromatic heterocycles. The number of aryl methyl sites for hydroxylation is 2. The van der Waals surface area contributed by atoms with E-state index in [1.54, 1.807) is 58.3 Å². The number of hydrogen-bond donors (Lipinski definition) is 0. The van der Waals surface area contributed by atoms with Gasteiger partial charge in [-0.05, 0) is 116 Å². The van der Waals surface area contributed by atoms with Gasteiger partial charge in [0.1, 0.15) is 21.7 Å². The molecule has 4 atom stereocenters. The molecule has 2 aliphatic rings. The van der Waals surface area contributed by atoms with Gasteiger partial charge in [-0.15, -0.1) is 65.9 Å². The van der Waals surface area contributed by atoms with Crippen LogP contribution in [-0.2, 0) is 12.8 Å². The van der Waals surface area contributed by atoms with Crippen LogP contribution >= 0.6 is 46.2 Å². The molecular formula is C60H70F2N2S4. The summed E-state index contributed by atoms with van der Waals surface area (Å²) in [7, 11) is 0. The van der Waals surface area contributed by atoms with E-state index in [1.165, 1.54) is 25.7 Å². The molecule has 0 bridgehead atoms. The van der Waals surface area contributed by atoms with Gasteiger partial charge >= 0.3 is 0 Å². The van der Waals surface area contributed by atoms with E-state index in [0.717, 1.165) is 133 Å². The predicted molar refractivity (Wildman–Crippen MR) is 299 cm³/mol. The Hall–Kier alpha value is -4.26. The van der Waals surface area contributed by atoms with Crippen molar-refractivity contribution < 1.29 is 8.78 Å². The first-order chi connectivity index (χ1) is 33.2. The molecule has 2 aromatic carbocycles. The molecule has 0 aliphatic carbocycles. The van der Waals surface area contributed by atoms with Gasteiger partial charge in [0.25, 0.3) is 0 Å². The van der Waals surface area contributed by atoms with Crippen LogP contribution in [0.15, 0.2) is 154 Å². The number of benzene rings is 2. The SMILES string of the molecule is C=C=C=CC(C=C)CCc1ccc(-c2ccc(C3=NC(SCC(C=C)CCCC)=C4C(c5ccc(-c6ccc(CCC(CC)CCCC)cc6F)s5)=NC(SCC(C=C)CCCC)=C34)s2)c(F)c1. The summed E-state index contributed by atoms with van der Waals surface area (Å²) in [5, 5.41) is 1.88.